The molecule has 1 aromatic rings. The Morgan fingerprint density at radius 2 is 2.00 bits per heavy atom. The van der Waals surface area contributed by atoms with Crippen LogP contribution in [0.1, 0.15) is 32.6 Å². The largest absolute Gasteiger partial charge is 0.325 e. The molecule has 2 fully saturated rings. The number of carbonyl (C=O) groups is 2. The van der Waals surface area contributed by atoms with Crippen molar-refractivity contribution in [3.8, 4) is 0 Å². The average molecular weight is 301 g/mol. The zero-order valence-corrected chi connectivity index (χ0v) is 12.9. The molecule has 1 aliphatic heterocycles. The van der Waals surface area contributed by atoms with Crippen LogP contribution in [0.3, 0.4) is 0 Å². The van der Waals surface area contributed by atoms with Gasteiger partial charge in [0.25, 0.3) is 0 Å². The van der Waals surface area contributed by atoms with E-state index < -0.39 is 0 Å². The van der Waals surface area contributed by atoms with Crippen molar-refractivity contribution in [1.82, 2.24) is 10.2 Å². The van der Waals surface area contributed by atoms with Gasteiger partial charge in [0.05, 0.1) is 12.1 Å². The molecular formula is C17H23N3O2. The van der Waals surface area contributed by atoms with Crippen molar-refractivity contribution in [3.05, 3.63) is 30.3 Å². The summed E-state index contributed by atoms with van der Waals surface area (Å²) < 4.78 is 0. The molecule has 2 N–H and O–H groups in total. The van der Waals surface area contributed by atoms with Gasteiger partial charge in [-0.1, -0.05) is 31.0 Å². The van der Waals surface area contributed by atoms with Crippen LogP contribution in [0.2, 0.25) is 0 Å². The Labute approximate surface area is 131 Å². The van der Waals surface area contributed by atoms with E-state index in [0.717, 1.165) is 24.9 Å². The Morgan fingerprint density at radius 1 is 1.27 bits per heavy atom. The summed E-state index contributed by atoms with van der Waals surface area (Å²) in [5.41, 5.74) is 0.758. The molecule has 1 heterocycles. The van der Waals surface area contributed by atoms with Gasteiger partial charge in [-0.05, 0) is 31.9 Å². The monoisotopic (exact) mass is 301 g/mol. The first-order valence-electron chi connectivity index (χ1n) is 8.06. The maximum Gasteiger partial charge on any atom is 0.244 e. The van der Waals surface area contributed by atoms with Crippen LogP contribution in [0.5, 0.6) is 0 Å². The van der Waals surface area contributed by atoms with Crippen molar-refractivity contribution in [1.29, 1.82) is 0 Å². The normalized spacial score (nSPS) is 28.1. The van der Waals surface area contributed by atoms with Crippen LogP contribution in [0, 0.1) is 5.92 Å². The quantitative estimate of drug-likeness (QED) is 0.897. The molecule has 0 aromatic heterocycles. The zero-order chi connectivity index (χ0) is 15.5. The van der Waals surface area contributed by atoms with Crippen LogP contribution < -0.4 is 10.6 Å². The summed E-state index contributed by atoms with van der Waals surface area (Å²) in [6.45, 7) is 2.06. The molecule has 3 unspecified atom stereocenters. The van der Waals surface area contributed by atoms with Crippen molar-refractivity contribution >= 4 is 17.5 Å². The highest BCUT2D eigenvalue weighted by Gasteiger charge is 2.41. The third-order valence-electron chi connectivity index (χ3n) is 4.66. The number of carbonyl (C=O) groups excluding carboxylic acids is 2. The molecule has 0 bridgehead atoms. The van der Waals surface area contributed by atoms with Crippen LogP contribution in [0.4, 0.5) is 5.69 Å². The van der Waals surface area contributed by atoms with Gasteiger partial charge < -0.3 is 10.2 Å². The van der Waals surface area contributed by atoms with Gasteiger partial charge in [-0.3, -0.25) is 14.9 Å². The summed E-state index contributed by atoms with van der Waals surface area (Å²) >= 11 is 0. The van der Waals surface area contributed by atoms with E-state index in [9.17, 15) is 9.59 Å². The number of nitrogens with one attached hydrogen (secondary N) is 2. The number of hydrogen-bond donors (Lipinski definition) is 2. The van der Waals surface area contributed by atoms with E-state index in [0.29, 0.717) is 0 Å². The summed E-state index contributed by atoms with van der Waals surface area (Å²) in [6.07, 6.45) is 4.19. The first kappa shape index (κ1) is 15.0. The molecule has 0 spiro atoms. The number of para-hydroxylation sites is 1. The third kappa shape index (κ3) is 3.14. The van der Waals surface area contributed by atoms with E-state index in [1.165, 1.54) is 6.42 Å². The fourth-order valence-corrected chi connectivity index (χ4v) is 3.52. The first-order chi connectivity index (χ1) is 10.6. The minimum Gasteiger partial charge on any atom is -0.325 e. The molecule has 5 heteroatoms. The lowest BCUT2D eigenvalue weighted by molar-refractivity contribution is -0.148. The van der Waals surface area contributed by atoms with Gasteiger partial charge >= 0.3 is 0 Å². The number of hydrogen-bond acceptors (Lipinski definition) is 3. The molecule has 0 radical (unpaired) electrons. The first-order valence-corrected chi connectivity index (χ1v) is 8.06. The SMILES string of the molecule is CC1NC2CCCCC2C(=O)N1CC(=O)Nc1ccccc1. The summed E-state index contributed by atoms with van der Waals surface area (Å²) in [7, 11) is 0. The average Bonchev–Trinajstić information content (AvgIpc) is 2.52. The summed E-state index contributed by atoms with van der Waals surface area (Å²) in [5.74, 6) is 0.0103. The third-order valence-corrected chi connectivity index (χ3v) is 4.66. The van der Waals surface area contributed by atoms with Crippen molar-refractivity contribution in [2.24, 2.45) is 5.92 Å². The Hall–Kier alpha value is -1.88. The molecule has 22 heavy (non-hydrogen) atoms. The number of benzene rings is 1. The van der Waals surface area contributed by atoms with Crippen LogP contribution in [0.25, 0.3) is 0 Å². The van der Waals surface area contributed by atoms with E-state index in [2.05, 4.69) is 10.6 Å². The molecule has 2 amide bonds. The van der Waals surface area contributed by atoms with Crippen LogP contribution >= 0.6 is 0 Å². The highest BCUT2D eigenvalue weighted by molar-refractivity contribution is 5.95. The topological polar surface area (TPSA) is 61.4 Å². The molecule has 1 aromatic carbocycles. The van der Waals surface area contributed by atoms with Crippen molar-refractivity contribution in [2.45, 2.75) is 44.8 Å². The fraction of sp³-hybridized carbons (Fsp3) is 0.529. The number of nitrogens with zero attached hydrogens (tertiary/aromatic N) is 1. The van der Waals surface area contributed by atoms with E-state index >= 15 is 0 Å². The van der Waals surface area contributed by atoms with Crippen LogP contribution in [0.15, 0.2) is 30.3 Å². The van der Waals surface area contributed by atoms with E-state index in [-0.39, 0.29) is 36.5 Å². The predicted molar refractivity (Wildman–Crippen MR) is 85.1 cm³/mol. The minimum atomic E-state index is -0.151. The number of amides is 2. The Morgan fingerprint density at radius 3 is 2.77 bits per heavy atom. The smallest absolute Gasteiger partial charge is 0.244 e. The maximum absolute atomic E-state index is 12.7. The van der Waals surface area contributed by atoms with Crippen molar-refractivity contribution in [2.75, 3.05) is 11.9 Å². The lowest BCUT2D eigenvalue weighted by atomic mass is 9.81. The molecule has 1 aliphatic carbocycles. The molecule has 118 valence electrons. The number of fused-ring (bicyclic) bond motifs is 1. The molecular weight excluding hydrogens is 278 g/mol. The molecule has 5 nitrogen and oxygen atoms in total. The summed E-state index contributed by atoms with van der Waals surface area (Å²) in [6, 6.07) is 9.61. The Kier molecular flexibility index (Phi) is 4.43. The Bertz CT molecular complexity index is 546. The fourth-order valence-electron chi connectivity index (χ4n) is 3.52. The molecule has 1 saturated heterocycles. The van der Waals surface area contributed by atoms with Gasteiger partial charge in [-0.15, -0.1) is 0 Å². The molecule has 3 rings (SSSR count). The van der Waals surface area contributed by atoms with Crippen molar-refractivity contribution in [3.63, 3.8) is 0 Å². The van der Waals surface area contributed by atoms with Crippen LogP contribution in [-0.2, 0) is 9.59 Å². The van der Waals surface area contributed by atoms with E-state index in [4.69, 9.17) is 0 Å². The minimum absolute atomic E-state index is 0.0366. The summed E-state index contributed by atoms with van der Waals surface area (Å²) in [5, 5.41) is 6.33. The van der Waals surface area contributed by atoms with Gasteiger partial charge in [0.2, 0.25) is 11.8 Å². The van der Waals surface area contributed by atoms with E-state index in [1.807, 2.05) is 37.3 Å². The standard InChI is InChI=1S/C17H23N3O2/c1-12-18-15-10-6-5-9-14(15)17(22)20(12)11-16(21)19-13-7-3-2-4-8-13/h2-4,7-8,12,14-15,18H,5-6,9-11H2,1H3,(H,19,21). The second-order valence-corrected chi connectivity index (χ2v) is 6.22. The predicted octanol–water partition coefficient (Wildman–Crippen LogP) is 1.96. The van der Waals surface area contributed by atoms with Gasteiger partial charge in [-0.25, -0.2) is 0 Å². The highest BCUT2D eigenvalue weighted by atomic mass is 16.2. The van der Waals surface area contributed by atoms with Gasteiger partial charge in [0.15, 0.2) is 0 Å². The number of anilines is 1. The van der Waals surface area contributed by atoms with E-state index in [1.54, 1.807) is 4.90 Å². The van der Waals surface area contributed by atoms with Crippen LogP contribution in [-0.4, -0.2) is 35.5 Å². The second-order valence-electron chi connectivity index (χ2n) is 6.22. The lowest BCUT2D eigenvalue weighted by Crippen LogP contribution is -2.63. The van der Waals surface area contributed by atoms with Gasteiger partial charge in [0, 0.05) is 11.7 Å². The Balaban J connectivity index is 1.63. The second kappa shape index (κ2) is 6.48. The van der Waals surface area contributed by atoms with Gasteiger partial charge in [0.1, 0.15) is 6.54 Å². The molecule has 1 saturated carbocycles. The lowest BCUT2D eigenvalue weighted by Gasteiger charge is -2.45. The zero-order valence-electron chi connectivity index (χ0n) is 12.9. The van der Waals surface area contributed by atoms with Gasteiger partial charge in [-0.2, -0.15) is 0 Å². The highest BCUT2D eigenvalue weighted by Crippen LogP contribution is 2.30. The maximum atomic E-state index is 12.7. The summed E-state index contributed by atoms with van der Waals surface area (Å²) in [4.78, 5) is 26.5. The number of rotatable bonds is 3. The van der Waals surface area contributed by atoms with Crippen molar-refractivity contribution < 1.29 is 9.59 Å². The molecule has 3 atom stereocenters. The molecule has 2 aliphatic rings.